The molecule has 0 fully saturated rings. The SMILES string of the molecule is CCCc1nc(-c2ccc(OC)cc2)c(C)c(C(=O)OC)c1O. The maximum atomic E-state index is 12.1. The van der Waals surface area contributed by atoms with E-state index in [-0.39, 0.29) is 11.3 Å². The Kier molecular flexibility index (Phi) is 5.21. The van der Waals surface area contributed by atoms with Gasteiger partial charge in [-0.1, -0.05) is 13.3 Å². The maximum absolute atomic E-state index is 12.1. The van der Waals surface area contributed by atoms with Crippen molar-refractivity contribution >= 4 is 5.97 Å². The zero-order valence-corrected chi connectivity index (χ0v) is 13.8. The zero-order valence-electron chi connectivity index (χ0n) is 13.8. The van der Waals surface area contributed by atoms with Gasteiger partial charge in [0.05, 0.1) is 25.6 Å². The van der Waals surface area contributed by atoms with E-state index in [0.717, 1.165) is 17.7 Å². The lowest BCUT2D eigenvalue weighted by Crippen LogP contribution is -2.09. The van der Waals surface area contributed by atoms with Crippen molar-refractivity contribution in [1.29, 1.82) is 0 Å². The molecule has 0 saturated carbocycles. The Hall–Kier alpha value is -2.56. The number of hydrogen-bond donors (Lipinski definition) is 1. The number of nitrogens with zero attached hydrogens (tertiary/aromatic N) is 1. The van der Waals surface area contributed by atoms with Crippen LogP contribution >= 0.6 is 0 Å². The number of aromatic nitrogens is 1. The number of pyridine rings is 1. The highest BCUT2D eigenvalue weighted by Gasteiger charge is 2.23. The smallest absolute Gasteiger partial charge is 0.342 e. The van der Waals surface area contributed by atoms with E-state index in [1.807, 2.05) is 31.2 Å². The van der Waals surface area contributed by atoms with Crippen molar-refractivity contribution in [3.63, 3.8) is 0 Å². The third-order valence-corrected chi connectivity index (χ3v) is 3.73. The molecule has 0 aliphatic carbocycles. The largest absolute Gasteiger partial charge is 0.505 e. The molecular weight excluding hydrogens is 294 g/mol. The molecule has 1 aromatic carbocycles. The molecule has 1 N–H and O–H groups in total. The standard InChI is InChI=1S/C18H21NO4/c1-5-6-14-17(20)15(18(21)23-4)11(2)16(19-14)12-7-9-13(22-3)10-8-12/h7-10,20H,5-6H2,1-4H3. The first-order valence-corrected chi connectivity index (χ1v) is 7.48. The molecule has 0 amide bonds. The summed E-state index contributed by atoms with van der Waals surface area (Å²) in [6.07, 6.45) is 1.39. The van der Waals surface area contributed by atoms with E-state index in [2.05, 4.69) is 4.98 Å². The zero-order chi connectivity index (χ0) is 17.0. The second kappa shape index (κ2) is 7.13. The van der Waals surface area contributed by atoms with Crippen molar-refractivity contribution in [2.75, 3.05) is 14.2 Å². The molecule has 0 saturated heterocycles. The van der Waals surface area contributed by atoms with E-state index >= 15 is 0 Å². The average Bonchev–Trinajstić information content (AvgIpc) is 2.57. The third-order valence-electron chi connectivity index (χ3n) is 3.73. The van der Waals surface area contributed by atoms with Gasteiger partial charge in [0.1, 0.15) is 11.3 Å². The van der Waals surface area contributed by atoms with Gasteiger partial charge in [-0.2, -0.15) is 0 Å². The van der Waals surface area contributed by atoms with Crippen molar-refractivity contribution in [3.05, 3.63) is 41.1 Å². The van der Waals surface area contributed by atoms with E-state index in [1.54, 1.807) is 14.0 Å². The van der Waals surface area contributed by atoms with Gasteiger partial charge in [-0.3, -0.25) is 0 Å². The second-order valence-electron chi connectivity index (χ2n) is 5.23. The number of esters is 1. The number of carbonyl (C=O) groups is 1. The van der Waals surface area contributed by atoms with E-state index in [4.69, 9.17) is 9.47 Å². The summed E-state index contributed by atoms with van der Waals surface area (Å²) in [6.45, 7) is 3.75. The van der Waals surface area contributed by atoms with Gasteiger partial charge in [0, 0.05) is 5.56 Å². The topological polar surface area (TPSA) is 68.7 Å². The number of rotatable bonds is 5. The Labute approximate surface area is 135 Å². The second-order valence-corrected chi connectivity index (χ2v) is 5.23. The minimum Gasteiger partial charge on any atom is -0.505 e. The molecule has 122 valence electrons. The first kappa shape index (κ1) is 16.8. The van der Waals surface area contributed by atoms with Crippen LogP contribution in [-0.4, -0.2) is 30.3 Å². The number of hydrogen-bond acceptors (Lipinski definition) is 5. The lowest BCUT2D eigenvalue weighted by atomic mass is 9.99. The Morgan fingerprint density at radius 1 is 1.22 bits per heavy atom. The quantitative estimate of drug-likeness (QED) is 0.855. The molecule has 0 aliphatic heterocycles. The van der Waals surface area contributed by atoms with Crippen molar-refractivity contribution in [2.24, 2.45) is 0 Å². The summed E-state index contributed by atoms with van der Waals surface area (Å²) in [7, 11) is 2.90. The molecule has 1 aromatic heterocycles. The summed E-state index contributed by atoms with van der Waals surface area (Å²) in [5.41, 5.74) is 2.79. The van der Waals surface area contributed by atoms with Crippen molar-refractivity contribution < 1.29 is 19.4 Å². The number of aryl methyl sites for hydroxylation is 1. The van der Waals surface area contributed by atoms with Crippen LogP contribution in [0.4, 0.5) is 0 Å². The summed E-state index contributed by atoms with van der Waals surface area (Å²) in [5, 5.41) is 10.4. The summed E-state index contributed by atoms with van der Waals surface area (Å²) < 4.78 is 9.97. The summed E-state index contributed by atoms with van der Waals surface area (Å²) in [6, 6.07) is 7.42. The fraction of sp³-hybridized carbons (Fsp3) is 0.333. The number of benzene rings is 1. The van der Waals surface area contributed by atoms with Gasteiger partial charge < -0.3 is 14.6 Å². The molecule has 0 aliphatic rings. The number of aromatic hydroxyl groups is 1. The Morgan fingerprint density at radius 3 is 2.39 bits per heavy atom. The van der Waals surface area contributed by atoms with E-state index in [0.29, 0.717) is 23.4 Å². The number of ether oxygens (including phenoxy) is 2. The number of methoxy groups -OCH3 is 2. The predicted molar refractivity (Wildman–Crippen MR) is 88.0 cm³/mol. The van der Waals surface area contributed by atoms with Crippen LogP contribution in [0.5, 0.6) is 11.5 Å². The monoisotopic (exact) mass is 315 g/mol. The molecule has 2 aromatic rings. The molecule has 0 bridgehead atoms. The predicted octanol–water partition coefficient (Wildman–Crippen LogP) is 3.51. The summed E-state index contributed by atoms with van der Waals surface area (Å²) in [4.78, 5) is 16.6. The first-order valence-electron chi connectivity index (χ1n) is 7.48. The Bertz CT molecular complexity index is 708. The fourth-order valence-electron chi connectivity index (χ4n) is 2.50. The van der Waals surface area contributed by atoms with Crippen LogP contribution in [0.25, 0.3) is 11.3 Å². The van der Waals surface area contributed by atoms with Crippen LogP contribution in [0.15, 0.2) is 24.3 Å². The first-order chi connectivity index (χ1) is 11.0. The van der Waals surface area contributed by atoms with Crippen LogP contribution in [0.1, 0.15) is 35.0 Å². The molecule has 0 unspecified atom stereocenters. The molecule has 23 heavy (non-hydrogen) atoms. The lowest BCUT2D eigenvalue weighted by molar-refractivity contribution is 0.0596. The Morgan fingerprint density at radius 2 is 1.87 bits per heavy atom. The molecule has 0 atom stereocenters. The Balaban J connectivity index is 2.66. The normalized spacial score (nSPS) is 10.4. The van der Waals surface area contributed by atoms with Gasteiger partial charge in [0.15, 0.2) is 5.75 Å². The van der Waals surface area contributed by atoms with Crippen molar-refractivity contribution in [1.82, 2.24) is 4.98 Å². The van der Waals surface area contributed by atoms with Crippen LogP contribution in [-0.2, 0) is 11.2 Å². The average molecular weight is 315 g/mol. The number of carbonyl (C=O) groups excluding carboxylic acids is 1. The highest BCUT2D eigenvalue weighted by atomic mass is 16.5. The van der Waals surface area contributed by atoms with Crippen LogP contribution in [0, 0.1) is 6.92 Å². The van der Waals surface area contributed by atoms with Crippen molar-refractivity contribution in [2.45, 2.75) is 26.7 Å². The van der Waals surface area contributed by atoms with E-state index < -0.39 is 5.97 Å². The van der Waals surface area contributed by atoms with Gasteiger partial charge in [-0.25, -0.2) is 9.78 Å². The van der Waals surface area contributed by atoms with Crippen LogP contribution in [0.2, 0.25) is 0 Å². The van der Waals surface area contributed by atoms with Gasteiger partial charge in [0.2, 0.25) is 0 Å². The molecular formula is C18H21NO4. The van der Waals surface area contributed by atoms with Gasteiger partial charge in [-0.15, -0.1) is 0 Å². The maximum Gasteiger partial charge on any atom is 0.342 e. The lowest BCUT2D eigenvalue weighted by Gasteiger charge is -2.15. The third kappa shape index (κ3) is 3.28. The van der Waals surface area contributed by atoms with Gasteiger partial charge in [-0.05, 0) is 43.2 Å². The van der Waals surface area contributed by atoms with Gasteiger partial charge >= 0.3 is 5.97 Å². The molecule has 0 spiro atoms. The molecule has 1 heterocycles. The summed E-state index contributed by atoms with van der Waals surface area (Å²) in [5.74, 6) is 0.0927. The molecule has 2 rings (SSSR count). The van der Waals surface area contributed by atoms with Crippen LogP contribution < -0.4 is 4.74 Å². The van der Waals surface area contributed by atoms with Crippen molar-refractivity contribution in [3.8, 4) is 22.8 Å². The molecule has 0 radical (unpaired) electrons. The summed E-state index contributed by atoms with van der Waals surface area (Å²) >= 11 is 0. The highest BCUT2D eigenvalue weighted by molar-refractivity contribution is 5.96. The van der Waals surface area contributed by atoms with Crippen LogP contribution in [0.3, 0.4) is 0 Å². The van der Waals surface area contributed by atoms with E-state index in [9.17, 15) is 9.90 Å². The highest BCUT2D eigenvalue weighted by Crippen LogP contribution is 2.33. The van der Waals surface area contributed by atoms with E-state index in [1.165, 1.54) is 7.11 Å². The molecule has 5 nitrogen and oxygen atoms in total. The fourth-order valence-corrected chi connectivity index (χ4v) is 2.50. The minimum absolute atomic E-state index is 0.0894. The minimum atomic E-state index is -0.561. The van der Waals surface area contributed by atoms with Gasteiger partial charge in [0.25, 0.3) is 0 Å². The molecule has 5 heteroatoms.